The van der Waals surface area contributed by atoms with Crippen LogP contribution in [0.15, 0.2) is 22.7 Å². The van der Waals surface area contributed by atoms with Gasteiger partial charge in [-0.15, -0.1) is 0 Å². The Kier molecular flexibility index (Phi) is 6.69. The van der Waals surface area contributed by atoms with Crippen molar-refractivity contribution in [3.8, 4) is 6.07 Å². The van der Waals surface area contributed by atoms with Crippen LogP contribution in [-0.4, -0.2) is 23.1 Å². The van der Waals surface area contributed by atoms with Crippen molar-refractivity contribution in [3.05, 3.63) is 28.2 Å². The van der Waals surface area contributed by atoms with E-state index in [9.17, 15) is 9.59 Å². The van der Waals surface area contributed by atoms with E-state index in [2.05, 4.69) is 26.6 Å². The molecule has 7 heteroatoms. The number of nitriles is 1. The Morgan fingerprint density at radius 3 is 2.71 bits per heavy atom. The molecular weight excluding hydrogens is 338 g/mol. The van der Waals surface area contributed by atoms with Crippen LogP contribution in [0.1, 0.15) is 31.7 Å². The first-order chi connectivity index (χ1) is 9.97. The maximum atomic E-state index is 11.8. The lowest BCUT2D eigenvalue weighted by Crippen LogP contribution is -2.43. The second-order valence-electron chi connectivity index (χ2n) is 4.44. The number of amides is 2. The third-order valence-corrected chi connectivity index (χ3v) is 3.45. The summed E-state index contributed by atoms with van der Waals surface area (Å²) in [5.41, 5.74) is 0.922. The highest BCUT2D eigenvalue weighted by Gasteiger charge is 2.19. The topological polar surface area (TPSA) is 102 Å². The number of anilines is 1. The highest BCUT2D eigenvalue weighted by atomic mass is 79.9. The van der Waals surface area contributed by atoms with E-state index >= 15 is 0 Å². The lowest BCUT2D eigenvalue weighted by Gasteiger charge is -2.15. The number of rotatable bonds is 6. The molecular formula is C14H16BrN3O3. The quantitative estimate of drug-likeness (QED) is 0.730. The van der Waals surface area contributed by atoms with Crippen LogP contribution in [0.5, 0.6) is 0 Å². The lowest BCUT2D eigenvalue weighted by atomic mass is 10.1. The smallest absolute Gasteiger partial charge is 0.326 e. The van der Waals surface area contributed by atoms with Gasteiger partial charge in [0.05, 0.1) is 17.3 Å². The van der Waals surface area contributed by atoms with Gasteiger partial charge in [0, 0.05) is 4.47 Å². The maximum Gasteiger partial charge on any atom is 0.326 e. The molecule has 1 atom stereocenters. The van der Waals surface area contributed by atoms with E-state index in [-0.39, 0.29) is 0 Å². The summed E-state index contributed by atoms with van der Waals surface area (Å²) in [5, 5.41) is 22.8. The Morgan fingerprint density at radius 1 is 1.48 bits per heavy atom. The number of urea groups is 1. The van der Waals surface area contributed by atoms with Crippen molar-refractivity contribution in [1.82, 2.24) is 5.32 Å². The number of carbonyl (C=O) groups is 2. The number of hydrogen-bond donors (Lipinski definition) is 3. The molecule has 21 heavy (non-hydrogen) atoms. The van der Waals surface area contributed by atoms with Crippen molar-refractivity contribution in [2.45, 2.75) is 32.2 Å². The number of nitrogens with one attached hydrogen (secondary N) is 2. The molecule has 112 valence electrons. The number of carbonyl (C=O) groups excluding carboxylic acids is 1. The van der Waals surface area contributed by atoms with E-state index in [1.165, 1.54) is 0 Å². The Labute approximate surface area is 131 Å². The van der Waals surface area contributed by atoms with Gasteiger partial charge in [-0.2, -0.15) is 5.26 Å². The summed E-state index contributed by atoms with van der Waals surface area (Å²) in [7, 11) is 0. The Hall–Kier alpha value is -2.07. The van der Waals surface area contributed by atoms with Gasteiger partial charge in [-0.25, -0.2) is 9.59 Å². The summed E-state index contributed by atoms with van der Waals surface area (Å²) in [4.78, 5) is 22.9. The van der Waals surface area contributed by atoms with Crippen LogP contribution in [0.3, 0.4) is 0 Å². The average molecular weight is 354 g/mol. The van der Waals surface area contributed by atoms with E-state index in [1.807, 2.05) is 13.0 Å². The minimum Gasteiger partial charge on any atom is -0.480 e. The number of carboxylic acids is 1. The molecule has 2 amide bonds. The molecule has 0 aliphatic carbocycles. The molecule has 0 aliphatic heterocycles. The van der Waals surface area contributed by atoms with Crippen molar-refractivity contribution in [2.24, 2.45) is 0 Å². The molecule has 0 aromatic heterocycles. The van der Waals surface area contributed by atoms with Crippen molar-refractivity contribution >= 4 is 33.6 Å². The maximum absolute atomic E-state index is 11.8. The van der Waals surface area contributed by atoms with Gasteiger partial charge in [0.15, 0.2) is 0 Å². The highest BCUT2D eigenvalue weighted by molar-refractivity contribution is 9.10. The van der Waals surface area contributed by atoms with Gasteiger partial charge in [-0.05, 0) is 40.5 Å². The summed E-state index contributed by atoms with van der Waals surface area (Å²) < 4.78 is 0.553. The van der Waals surface area contributed by atoms with Crippen LogP contribution in [0.2, 0.25) is 0 Å². The molecule has 0 spiro atoms. The van der Waals surface area contributed by atoms with Crippen molar-refractivity contribution in [2.75, 3.05) is 5.32 Å². The van der Waals surface area contributed by atoms with Gasteiger partial charge >= 0.3 is 12.0 Å². The van der Waals surface area contributed by atoms with E-state index < -0.39 is 18.0 Å². The molecule has 1 aromatic carbocycles. The van der Waals surface area contributed by atoms with Gasteiger partial charge in [-0.3, -0.25) is 0 Å². The summed E-state index contributed by atoms with van der Waals surface area (Å²) in [6.45, 7) is 1.95. The molecule has 1 rings (SSSR count). The minimum atomic E-state index is -1.06. The van der Waals surface area contributed by atoms with Crippen LogP contribution >= 0.6 is 15.9 Å². The molecule has 0 unspecified atom stereocenters. The largest absolute Gasteiger partial charge is 0.480 e. The monoisotopic (exact) mass is 353 g/mol. The van der Waals surface area contributed by atoms with Crippen molar-refractivity contribution in [3.63, 3.8) is 0 Å². The summed E-state index contributed by atoms with van der Waals surface area (Å²) in [6, 6.07) is 5.18. The lowest BCUT2D eigenvalue weighted by molar-refractivity contribution is -0.139. The van der Waals surface area contributed by atoms with Gasteiger partial charge < -0.3 is 15.7 Å². The summed E-state index contributed by atoms with van der Waals surface area (Å²) in [5.74, 6) is -1.06. The molecule has 0 fully saturated rings. The number of halogens is 1. The third kappa shape index (κ3) is 5.44. The molecule has 6 nitrogen and oxygen atoms in total. The number of benzene rings is 1. The Morgan fingerprint density at radius 2 is 2.19 bits per heavy atom. The molecule has 3 N–H and O–H groups in total. The van der Waals surface area contributed by atoms with Gasteiger partial charge in [-0.1, -0.05) is 19.8 Å². The molecule has 0 heterocycles. The predicted molar refractivity (Wildman–Crippen MR) is 82.0 cm³/mol. The van der Waals surface area contributed by atoms with E-state index in [1.54, 1.807) is 18.2 Å². The number of hydrogen-bond acceptors (Lipinski definition) is 3. The average Bonchev–Trinajstić information content (AvgIpc) is 2.45. The second kappa shape index (κ2) is 8.27. The zero-order valence-corrected chi connectivity index (χ0v) is 13.1. The SMILES string of the molecule is CCCC[C@H](NC(=O)Nc1ccc(C#N)cc1Br)C(=O)O. The molecule has 0 saturated heterocycles. The fourth-order valence-corrected chi connectivity index (χ4v) is 2.15. The van der Waals surface area contributed by atoms with Crippen LogP contribution in [0.4, 0.5) is 10.5 Å². The van der Waals surface area contributed by atoms with Crippen LogP contribution in [0.25, 0.3) is 0 Å². The Balaban J connectivity index is 2.68. The van der Waals surface area contributed by atoms with Crippen molar-refractivity contribution in [1.29, 1.82) is 5.26 Å². The first-order valence-corrected chi connectivity index (χ1v) is 7.27. The van der Waals surface area contributed by atoms with E-state index in [4.69, 9.17) is 10.4 Å². The Bertz CT molecular complexity index is 569. The predicted octanol–water partition coefficient (Wildman–Crippen LogP) is 3.09. The first kappa shape index (κ1) is 17.0. The zero-order chi connectivity index (χ0) is 15.8. The molecule has 0 radical (unpaired) electrons. The molecule has 0 bridgehead atoms. The van der Waals surface area contributed by atoms with Crippen molar-refractivity contribution < 1.29 is 14.7 Å². The fraction of sp³-hybridized carbons (Fsp3) is 0.357. The molecule has 1 aromatic rings. The second-order valence-corrected chi connectivity index (χ2v) is 5.29. The molecule has 0 aliphatic rings. The fourth-order valence-electron chi connectivity index (χ4n) is 1.67. The van der Waals surface area contributed by atoms with E-state index in [0.29, 0.717) is 22.1 Å². The summed E-state index contributed by atoms with van der Waals surface area (Å²) in [6.07, 6.45) is 1.96. The third-order valence-electron chi connectivity index (χ3n) is 2.80. The minimum absolute atomic E-state index is 0.383. The number of unbranched alkanes of at least 4 members (excludes halogenated alkanes) is 1. The van der Waals surface area contributed by atoms with Gasteiger partial charge in [0.1, 0.15) is 6.04 Å². The number of nitrogens with zero attached hydrogens (tertiary/aromatic N) is 1. The van der Waals surface area contributed by atoms with E-state index in [0.717, 1.165) is 12.8 Å². The number of aliphatic carboxylic acids is 1. The standard InChI is InChI=1S/C14H16BrN3O3/c1-2-3-4-12(13(19)20)18-14(21)17-11-6-5-9(8-16)7-10(11)15/h5-7,12H,2-4H2,1H3,(H,19,20)(H2,17,18,21)/t12-/m0/s1. The van der Waals surface area contributed by atoms with Crippen LogP contribution in [0, 0.1) is 11.3 Å². The van der Waals surface area contributed by atoms with Gasteiger partial charge in [0.25, 0.3) is 0 Å². The number of carboxylic acid groups (broad SMARTS) is 1. The zero-order valence-electron chi connectivity index (χ0n) is 11.5. The first-order valence-electron chi connectivity index (χ1n) is 6.48. The molecule has 0 saturated carbocycles. The van der Waals surface area contributed by atoms with Gasteiger partial charge in [0.2, 0.25) is 0 Å². The normalized spacial score (nSPS) is 11.3. The van der Waals surface area contributed by atoms with Crippen LogP contribution < -0.4 is 10.6 Å². The summed E-state index contributed by atoms with van der Waals surface area (Å²) >= 11 is 3.24. The highest BCUT2D eigenvalue weighted by Crippen LogP contribution is 2.23. The van der Waals surface area contributed by atoms with Crippen LogP contribution in [-0.2, 0) is 4.79 Å².